The number of hydrogen-bond acceptors (Lipinski definition) is 18. The number of imidazole rings is 1. The molecule has 4 aromatic rings. The highest BCUT2D eigenvalue weighted by Gasteiger charge is 2.84. The van der Waals surface area contributed by atoms with Crippen molar-refractivity contribution in [3.8, 4) is 0 Å². The van der Waals surface area contributed by atoms with Crippen LogP contribution in [0.5, 0.6) is 0 Å². The summed E-state index contributed by atoms with van der Waals surface area (Å²) >= 11 is 0. The number of phosphoric acid groups is 2. The van der Waals surface area contributed by atoms with Gasteiger partial charge in [0.25, 0.3) is 11.5 Å². The molecule has 23 nitrogen and oxygen atoms in total. The zero-order valence-corrected chi connectivity index (χ0v) is 25.5. The van der Waals surface area contributed by atoms with E-state index in [0.717, 1.165) is 21.9 Å². The van der Waals surface area contributed by atoms with Gasteiger partial charge in [-0.2, -0.15) is 9.67 Å². The highest BCUT2D eigenvalue weighted by molar-refractivity contribution is 7.47. The molecule has 3 aliphatic heterocycles. The minimum atomic E-state index is -5.34. The number of nitrogen functional groups attached to an aromatic ring is 2. The van der Waals surface area contributed by atoms with E-state index in [1.54, 1.807) is 0 Å². The Hall–Kier alpha value is -3.61. The van der Waals surface area contributed by atoms with E-state index < -0.39 is 95.2 Å². The summed E-state index contributed by atoms with van der Waals surface area (Å²) in [7, 11) is -10.6. The number of nitrogens with two attached hydrogens (primary N) is 2. The van der Waals surface area contributed by atoms with E-state index in [-0.39, 0.29) is 34.1 Å². The van der Waals surface area contributed by atoms with Gasteiger partial charge in [0, 0.05) is 6.42 Å². The van der Waals surface area contributed by atoms with Crippen LogP contribution in [0.2, 0.25) is 0 Å². The maximum atomic E-state index is 15.3. The number of aliphatic hydroxyl groups excluding tert-OH is 1. The monoisotopic (exact) mass is 721 g/mol. The number of aromatic amines is 1. The zero-order chi connectivity index (χ0) is 34.0. The third-order valence-corrected chi connectivity index (χ3v) is 10.5. The van der Waals surface area contributed by atoms with E-state index in [4.69, 9.17) is 39.0 Å². The predicted octanol–water partition coefficient (Wildman–Crippen LogP) is -1.28. The average Bonchev–Trinajstić information content (AvgIpc) is 3.49. The largest absolute Gasteiger partial charge is 0.472 e. The lowest BCUT2D eigenvalue weighted by Gasteiger charge is -2.27. The summed E-state index contributed by atoms with van der Waals surface area (Å²) in [5.74, 6) is -3.98. The Labute approximate surface area is 263 Å². The highest BCUT2D eigenvalue weighted by Crippen LogP contribution is 2.73. The molecule has 0 radical (unpaired) electrons. The van der Waals surface area contributed by atoms with E-state index in [1.165, 1.54) is 0 Å². The second kappa shape index (κ2) is 10.4. The van der Waals surface area contributed by atoms with E-state index in [2.05, 4.69) is 35.2 Å². The fraction of sp³-hybridized carbons (Fsp3) is 0.571. The third kappa shape index (κ3) is 4.77. The molecule has 27 heteroatoms. The van der Waals surface area contributed by atoms with Gasteiger partial charge in [0.05, 0.1) is 31.1 Å². The number of H-pyrrole nitrogens is 1. The average molecular weight is 721 g/mol. The summed E-state index contributed by atoms with van der Waals surface area (Å²) in [5, 5.41) is 18.6. The topological polar surface area (TPSA) is 322 Å². The number of aromatic nitrogens is 9. The number of fused-ring (bicyclic) bond motifs is 3. The SMILES string of the molecule is Nc1nc2c(nnn2[C@@H]2O[C@@H]3COP(=O)(O)O[C@H]4[C@H](n5cnc6c(N)ncnc65)O[C@H](COP(=O)(O)O[C@H]3[C@H]2O)[C@]42CC2(F)F)c(=O)[nH]1. The molecule has 10 atom stereocenters. The first-order chi connectivity index (χ1) is 22.6. The molecule has 2 unspecified atom stereocenters. The molecule has 1 aliphatic carbocycles. The predicted molar refractivity (Wildman–Crippen MR) is 147 cm³/mol. The summed E-state index contributed by atoms with van der Waals surface area (Å²) in [4.78, 5) is 51.9. The first-order valence-electron chi connectivity index (χ1n) is 13.8. The van der Waals surface area contributed by atoms with Gasteiger partial charge >= 0.3 is 15.6 Å². The summed E-state index contributed by atoms with van der Waals surface area (Å²) in [5.41, 5.74) is 7.81. The number of halogens is 2. The Bertz CT molecular complexity index is 2120. The molecule has 0 amide bonds. The van der Waals surface area contributed by atoms with Gasteiger partial charge in [-0.15, -0.1) is 5.10 Å². The van der Waals surface area contributed by atoms with E-state index in [0.29, 0.717) is 0 Å². The van der Waals surface area contributed by atoms with Gasteiger partial charge in [-0.3, -0.25) is 32.4 Å². The van der Waals surface area contributed by atoms with E-state index >= 15 is 8.78 Å². The molecule has 7 heterocycles. The van der Waals surface area contributed by atoms with Crippen LogP contribution in [0, 0.1) is 5.41 Å². The van der Waals surface area contributed by atoms with Gasteiger partial charge in [0.15, 0.2) is 35.1 Å². The Morgan fingerprint density at radius 3 is 2.48 bits per heavy atom. The van der Waals surface area contributed by atoms with Crippen LogP contribution in [0.3, 0.4) is 0 Å². The third-order valence-electron chi connectivity index (χ3n) is 8.57. The molecule has 4 fully saturated rings. The van der Waals surface area contributed by atoms with E-state index in [1.807, 2.05) is 0 Å². The van der Waals surface area contributed by atoms with Crippen LogP contribution in [0.4, 0.5) is 20.5 Å². The molecule has 2 bridgehead atoms. The Morgan fingerprint density at radius 1 is 1.00 bits per heavy atom. The summed E-state index contributed by atoms with van der Waals surface area (Å²) in [6, 6.07) is 0. The molecule has 8 N–H and O–H groups in total. The summed E-state index contributed by atoms with van der Waals surface area (Å²) in [6.45, 7) is -2.00. The number of nitrogens with zero attached hydrogens (tertiary/aromatic N) is 8. The van der Waals surface area contributed by atoms with Crippen molar-refractivity contribution in [1.29, 1.82) is 0 Å². The van der Waals surface area contributed by atoms with Crippen molar-refractivity contribution < 1.29 is 60.4 Å². The number of rotatable bonds is 2. The standard InChI is InChI=1S/C21H23F2N11O12P2/c22-21(23)3-20(21)7-2-42-47(37,38)45-11-6(43-17(10(11)35)34-15-9(31-32-34)16(36)30-19(25)29-15)1-41-48(39,40)46-12(20)18(44-7)33-5-28-8-13(24)26-4-27-14(8)33/h4-7,10-12,17-18,35H,1-3H2,(H,37,38)(H,39,40)(H2,24,26,27)(H3,25,29,30,36)/t6-,7-,10-,11-,12+,17-,18-,20-/m1/s1. The van der Waals surface area contributed by atoms with Gasteiger partial charge in [-0.05, 0) is 0 Å². The molecule has 8 rings (SSSR count). The Morgan fingerprint density at radius 2 is 1.73 bits per heavy atom. The lowest BCUT2D eigenvalue weighted by Crippen LogP contribution is -2.37. The van der Waals surface area contributed by atoms with Gasteiger partial charge < -0.3 is 35.8 Å². The van der Waals surface area contributed by atoms with Crippen LogP contribution < -0.4 is 17.0 Å². The zero-order valence-electron chi connectivity index (χ0n) is 23.7. The lowest BCUT2D eigenvalue weighted by atomic mass is 9.94. The lowest BCUT2D eigenvalue weighted by molar-refractivity contribution is -0.0691. The molecular weight excluding hydrogens is 698 g/mol. The molecule has 3 saturated heterocycles. The molecule has 1 spiro atoms. The minimum absolute atomic E-state index is 0.00569. The van der Waals surface area contributed by atoms with E-state index in [9.17, 15) is 28.8 Å². The quantitative estimate of drug-likeness (QED) is 0.131. The number of phosphoric ester groups is 2. The van der Waals surface area contributed by atoms with Gasteiger partial charge in [-0.25, -0.2) is 32.9 Å². The fourth-order valence-corrected chi connectivity index (χ4v) is 8.21. The molecule has 4 aromatic heterocycles. The Balaban J connectivity index is 1.15. The first kappa shape index (κ1) is 31.6. The fourth-order valence-electron chi connectivity index (χ4n) is 6.28. The van der Waals surface area contributed by atoms with Crippen molar-refractivity contribution in [3.63, 3.8) is 0 Å². The summed E-state index contributed by atoms with van der Waals surface area (Å²) < 4.78 is 91.6. The minimum Gasteiger partial charge on any atom is -0.385 e. The first-order valence-corrected chi connectivity index (χ1v) is 16.8. The number of anilines is 2. The van der Waals surface area contributed by atoms with Crippen molar-refractivity contribution in [2.75, 3.05) is 24.7 Å². The van der Waals surface area contributed by atoms with Gasteiger partial charge in [0.2, 0.25) is 5.95 Å². The second-order valence-corrected chi connectivity index (χ2v) is 14.2. The molecule has 258 valence electrons. The maximum absolute atomic E-state index is 15.3. The van der Waals surface area contributed by atoms with Crippen LogP contribution >= 0.6 is 15.6 Å². The normalized spacial score (nSPS) is 39.6. The number of hydrogen-bond donors (Lipinski definition) is 6. The van der Waals surface area contributed by atoms with Crippen LogP contribution in [0.25, 0.3) is 22.3 Å². The maximum Gasteiger partial charge on any atom is 0.472 e. The van der Waals surface area contributed by atoms with Crippen LogP contribution in [0.1, 0.15) is 18.9 Å². The molecule has 1 saturated carbocycles. The van der Waals surface area contributed by atoms with Crippen molar-refractivity contribution in [3.05, 3.63) is 23.0 Å². The molecule has 0 aromatic carbocycles. The molecular formula is C21H23F2N11O12P2. The van der Waals surface area contributed by atoms with Crippen molar-refractivity contribution in [1.82, 2.24) is 44.5 Å². The van der Waals surface area contributed by atoms with Crippen molar-refractivity contribution in [2.45, 2.75) is 55.3 Å². The van der Waals surface area contributed by atoms with Crippen LogP contribution in [0.15, 0.2) is 17.4 Å². The number of ether oxygens (including phenoxy) is 2. The van der Waals surface area contributed by atoms with Gasteiger partial charge in [-0.1, -0.05) is 5.21 Å². The number of aliphatic hydroxyl groups is 1. The smallest absolute Gasteiger partial charge is 0.385 e. The van der Waals surface area contributed by atoms with Crippen molar-refractivity contribution >= 4 is 49.7 Å². The highest BCUT2D eigenvalue weighted by atomic mass is 31.2. The Kier molecular flexibility index (Phi) is 6.89. The van der Waals surface area contributed by atoms with Gasteiger partial charge in [0.1, 0.15) is 36.3 Å². The van der Waals surface area contributed by atoms with Crippen LogP contribution in [-0.4, -0.2) is 109 Å². The number of nitrogens with one attached hydrogen (secondary N) is 1. The number of alkyl halides is 2. The second-order valence-electron chi connectivity index (χ2n) is 11.4. The van der Waals surface area contributed by atoms with Crippen molar-refractivity contribution in [2.24, 2.45) is 5.41 Å². The molecule has 4 aliphatic rings. The molecule has 48 heavy (non-hydrogen) atoms. The summed E-state index contributed by atoms with van der Waals surface area (Å²) in [6.07, 6.45) is -11.1. The van der Waals surface area contributed by atoms with Crippen LogP contribution in [-0.2, 0) is 36.7 Å².